The molecule has 0 aliphatic rings. The smallest absolute Gasteiger partial charge is 0.397 e. The number of nitriles is 1. The number of hydrogen-bond acceptors (Lipinski definition) is 3. The molecule has 0 bridgehead atoms. The highest BCUT2D eigenvalue weighted by atomic mass is 19.4. The standard InChI is InChI=1S/C12H14F3N3/c1-8(6-16)7-18(2)11-4-3-9(5-10(11)17)12(13,14)15/h3-5,8H,7,17H2,1-2H3. The van der Waals surface area contributed by atoms with Gasteiger partial charge in [-0.3, -0.25) is 0 Å². The summed E-state index contributed by atoms with van der Waals surface area (Å²) in [6.45, 7) is 2.14. The molecule has 0 aliphatic carbocycles. The Morgan fingerprint density at radius 3 is 2.50 bits per heavy atom. The van der Waals surface area contributed by atoms with E-state index in [1.54, 1.807) is 18.9 Å². The van der Waals surface area contributed by atoms with E-state index < -0.39 is 11.7 Å². The fourth-order valence-corrected chi connectivity index (χ4v) is 1.63. The first-order valence-electron chi connectivity index (χ1n) is 5.33. The minimum Gasteiger partial charge on any atom is -0.397 e. The summed E-state index contributed by atoms with van der Waals surface area (Å²) in [5.41, 5.74) is 5.38. The Hall–Kier alpha value is -1.90. The van der Waals surface area contributed by atoms with Crippen molar-refractivity contribution in [2.45, 2.75) is 13.1 Å². The number of nitrogens with two attached hydrogens (primary N) is 1. The van der Waals surface area contributed by atoms with Crippen LogP contribution in [0.2, 0.25) is 0 Å². The minimum absolute atomic E-state index is 0.0532. The Bertz CT molecular complexity index is 463. The second kappa shape index (κ2) is 5.17. The lowest BCUT2D eigenvalue weighted by molar-refractivity contribution is -0.137. The van der Waals surface area contributed by atoms with Gasteiger partial charge in [-0.1, -0.05) is 0 Å². The Morgan fingerprint density at radius 1 is 1.44 bits per heavy atom. The summed E-state index contributed by atoms with van der Waals surface area (Å²) in [5, 5.41) is 8.69. The third kappa shape index (κ3) is 3.29. The fraction of sp³-hybridized carbons (Fsp3) is 0.417. The number of nitrogens with zero attached hydrogens (tertiary/aromatic N) is 2. The average molecular weight is 257 g/mol. The molecule has 98 valence electrons. The molecule has 0 aromatic heterocycles. The maximum Gasteiger partial charge on any atom is 0.416 e. The summed E-state index contributed by atoms with van der Waals surface area (Å²) in [4.78, 5) is 1.67. The molecule has 0 fully saturated rings. The van der Waals surface area contributed by atoms with Crippen molar-refractivity contribution >= 4 is 11.4 Å². The molecule has 1 aromatic carbocycles. The molecule has 1 atom stereocenters. The molecule has 18 heavy (non-hydrogen) atoms. The molecule has 0 heterocycles. The lowest BCUT2D eigenvalue weighted by Gasteiger charge is -2.22. The molecule has 0 saturated heterocycles. The summed E-state index contributed by atoms with van der Waals surface area (Å²) in [7, 11) is 1.69. The monoisotopic (exact) mass is 257 g/mol. The van der Waals surface area contributed by atoms with Gasteiger partial charge in [-0.25, -0.2) is 0 Å². The second-order valence-electron chi connectivity index (χ2n) is 4.18. The normalized spacial score (nSPS) is 12.9. The lowest BCUT2D eigenvalue weighted by Crippen LogP contribution is -2.24. The third-order valence-corrected chi connectivity index (χ3v) is 2.53. The van der Waals surface area contributed by atoms with Crippen LogP contribution in [0.25, 0.3) is 0 Å². The first-order chi connectivity index (χ1) is 8.25. The second-order valence-corrected chi connectivity index (χ2v) is 4.18. The van der Waals surface area contributed by atoms with Gasteiger partial charge >= 0.3 is 6.18 Å². The van der Waals surface area contributed by atoms with Crippen molar-refractivity contribution < 1.29 is 13.2 Å². The van der Waals surface area contributed by atoms with Crippen molar-refractivity contribution in [1.29, 1.82) is 5.26 Å². The van der Waals surface area contributed by atoms with Gasteiger partial charge < -0.3 is 10.6 Å². The molecular weight excluding hydrogens is 243 g/mol. The summed E-state index contributed by atoms with van der Waals surface area (Å²) in [6, 6.07) is 5.27. The molecular formula is C12H14F3N3. The molecule has 6 heteroatoms. The van der Waals surface area contributed by atoms with Crippen molar-refractivity contribution in [2.24, 2.45) is 5.92 Å². The number of nitrogen functional groups attached to an aromatic ring is 1. The van der Waals surface area contributed by atoms with Crippen LogP contribution in [0.15, 0.2) is 18.2 Å². The van der Waals surface area contributed by atoms with E-state index in [1.807, 2.05) is 0 Å². The zero-order valence-electron chi connectivity index (χ0n) is 10.1. The van der Waals surface area contributed by atoms with E-state index in [9.17, 15) is 13.2 Å². The maximum absolute atomic E-state index is 12.5. The number of halogens is 3. The Morgan fingerprint density at radius 2 is 2.06 bits per heavy atom. The Kier molecular flexibility index (Phi) is 4.07. The molecule has 1 unspecified atom stereocenters. The molecule has 0 saturated carbocycles. The van der Waals surface area contributed by atoms with Crippen LogP contribution in [-0.2, 0) is 6.18 Å². The van der Waals surface area contributed by atoms with Crippen molar-refractivity contribution in [2.75, 3.05) is 24.2 Å². The van der Waals surface area contributed by atoms with Crippen molar-refractivity contribution in [3.8, 4) is 6.07 Å². The van der Waals surface area contributed by atoms with Crippen LogP contribution in [0.4, 0.5) is 24.5 Å². The molecule has 0 amide bonds. The van der Waals surface area contributed by atoms with E-state index in [-0.39, 0.29) is 11.6 Å². The van der Waals surface area contributed by atoms with E-state index in [0.717, 1.165) is 12.1 Å². The van der Waals surface area contributed by atoms with Crippen LogP contribution in [0.5, 0.6) is 0 Å². The summed E-state index contributed by atoms with van der Waals surface area (Å²) < 4.78 is 37.4. The van der Waals surface area contributed by atoms with Gasteiger partial charge in [-0.2, -0.15) is 18.4 Å². The third-order valence-electron chi connectivity index (χ3n) is 2.53. The predicted molar refractivity (Wildman–Crippen MR) is 63.9 cm³/mol. The van der Waals surface area contributed by atoms with E-state index in [0.29, 0.717) is 12.2 Å². The van der Waals surface area contributed by atoms with Gasteiger partial charge in [0.05, 0.1) is 28.9 Å². The number of rotatable bonds is 3. The average Bonchev–Trinajstić information content (AvgIpc) is 2.27. The zero-order valence-corrected chi connectivity index (χ0v) is 10.1. The molecule has 1 rings (SSSR count). The first kappa shape index (κ1) is 14.2. The van der Waals surface area contributed by atoms with Gasteiger partial charge in [0.1, 0.15) is 0 Å². The zero-order chi connectivity index (χ0) is 13.9. The van der Waals surface area contributed by atoms with Gasteiger partial charge in [-0.15, -0.1) is 0 Å². The fourth-order valence-electron chi connectivity index (χ4n) is 1.63. The van der Waals surface area contributed by atoms with E-state index in [2.05, 4.69) is 6.07 Å². The molecule has 0 spiro atoms. The van der Waals surface area contributed by atoms with Gasteiger partial charge in [0, 0.05) is 13.6 Å². The van der Waals surface area contributed by atoms with Crippen LogP contribution in [0.3, 0.4) is 0 Å². The van der Waals surface area contributed by atoms with Crippen LogP contribution < -0.4 is 10.6 Å². The van der Waals surface area contributed by atoms with Crippen molar-refractivity contribution in [3.63, 3.8) is 0 Å². The number of anilines is 2. The van der Waals surface area contributed by atoms with Crippen molar-refractivity contribution in [1.82, 2.24) is 0 Å². The SMILES string of the molecule is CC(C#N)CN(C)c1ccc(C(F)(F)F)cc1N. The highest BCUT2D eigenvalue weighted by molar-refractivity contribution is 5.68. The summed E-state index contributed by atoms with van der Waals surface area (Å²) in [5.74, 6) is -0.225. The number of alkyl halides is 3. The molecule has 0 aliphatic heterocycles. The first-order valence-corrected chi connectivity index (χ1v) is 5.33. The number of benzene rings is 1. The molecule has 1 aromatic rings. The topological polar surface area (TPSA) is 53.0 Å². The van der Waals surface area contributed by atoms with Crippen molar-refractivity contribution in [3.05, 3.63) is 23.8 Å². The van der Waals surface area contributed by atoms with E-state index >= 15 is 0 Å². The van der Waals surface area contributed by atoms with Gasteiger partial charge in [-0.05, 0) is 25.1 Å². The van der Waals surface area contributed by atoms with E-state index in [4.69, 9.17) is 11.0 Å². The minimum atomic E-state index is -4.40. The van der Waals surface area contributed by atoms with Gasteiger partial charge in [0.15, 0.2) is 0 Å². The van der Waals surface area contributed by atoms with Gasteiger partial charge in [0.2, 0.25) is 0 Å². The lowest BCUT2D eigenvalue weighted by atomic mass is 10.1. The van der Waals surface area contributed by atoms with Crippen LogP contribution in [-0.4, -0.2) is 13.6 Å². The molecule has 3 nitrogen and oxygen atoms in total. The van der Waals surface area contributed by atoms with Crippen LogP contribution in [0, 0.1) is 17.2 Å². The highest BCUT2D eigenvalue weighted by Crippen LogP contribution is 2.33. The quantitative estimate of drug-likeness (QED) is 0.847. The molecule has 0 radical (unpaired) electrons. The summed E-state index contributed by atoms with van der Waals surface area (Å²) >= 11 is 0. The number of hydrogen-bond donors (Lipinski definition) is 1. The van der Waals surface area contributed by atoms with Crippen LogP contribution in [0.1, 0.15) is 12.5 Å². The Labute approximate surface area is 104 Å². The maximum atomic E-state index is 12.5. The largest absolute Gasteiger partial charge is 0.416 e. The highest BCUT2D eigenvalue weighted by Gasteiger charge is 2.31. The van der Waals surface area contributed by atoms with Gasteiger partial charge in [0.25, 0.3) is 0 Å². The summed E-state index contributed by atoms with van der Waals surface area (Å²) in [6.07, 6.45) is -4.40. The van der Waals surface area contributed by atoms with Crippen LogP contribution >= 0.6 is 0 Å². The Balaban J connectivity index is 2.96. The predicted octanol–water partition coefficient (Wildman–Crippen LogP) is 2.88. The van der Waals surface area contributed by atoms with E-state index in [1.165, 1.54) is 6.07 Å². The molecule has 2 N–H and O–H groups in total.